The van der Waals surface area contributed by atoms with Gasteiger partial charge in [0.05, 0.1) is 6.61 Å². The summed E-state index contributed by atoms with van der Waals surface area (Å²) in [5, 5.41) is 5.29. The third-order valence-electron chi connectivity index (χ3n) is 2.44. The number of anilines is 3. The molecular formula is C14H16N4O2. The molecule has 1 aromatic carbocycles. The number of ether oxygens (including phenoxy) is 1. The smallest absolute Gasteiger partial charge is 0.324 e. The Morgan fingerprint density at radius 3 is 2.60 bits per heavy atom. The first-order valence-corrected chi connectivity index (χ1v) is 6.21. The van der Waals surface area contributed by atoms with Crippen LogP contribution in [0.5, 0.6) is 5.75 Å². The summed E-state index contributed by atoms with van der Waals surface area (Å²) in [5.74, 6) is 1.51. The van der Waals surface area contributed by atoms with E-state index in [2.05, 4.69) is 15.6 Å². The van der Waals surface area contributed by atoms with E-state index in [0.29, 0.717) is 23.9 Å². The average molecular weight is 272 g/mol. The lowest BCUT2D eigenvalue weighted by Crippen LogP contribution is -2.20. The van der Waals surface area contributed by atoms with Gasteiger partial charge in [-0.05, 0) is 43.3 Å². The highest BCUT2D eigenvalue weighted by Gasteiger charge is 2.04. The number of amides is 2. The highest BCUT2D eigenvalue weighted by Crippen LogP contribution is 2.16. The summed E-state index contributed by atoms with van der Waals surface area (Å²) in [5.41, 5.74) is 6.20. The Labute approximate surface area is 117 Å². The monoisotopic (exact) mass is 272 g/mol. The van der Waals surface area contributed by atoms with E-state index in [4.69, 9.17) is 10.5 Å². The first-order chi connectivity index (χ1) is 9.67. The van der Waals surface area contributed by atoms with E-state index in [1.807, 2.05) is 6.92 Å². The van der Waals surface area contributed by atoms with Crippen LogP contribution in [0.2, 0.25) is 0 Å². The van der Waals surface area contributed by atoms with E-state index >= 15 is 0 Å². The molecule has 0 aliphatic rings. The molecule has 0 saturated carbocycles. The maximum absolute atomic E-state index is 11.8. The largest absolute Gasteiger partial charge is 0.494 e. The summed E-state index contributed by atoms with van der Waals surface area (Å²) in [6.45, 7) is 2.52. The number of urea groups is 1. The first-order valence-electron chi connectivity index (χ1n) is 6.21. The second-order valence-corrected chi connectivity index (χ2v) is 3.98. The van der Waals surface area contributed by atoms with Crippen molar-refractivity contribution in [3.63, 3.8) is 0 Å². The zero-order valence-corrected chi connectivity index (χ0v) is 11.1. The van der Waals surface area contributed by atoms with E-state index < -0.39 is 0 Å². The maximum atomic E-state index is 11.8. The van der Waals surface area contributed by atoms with Crippen molar-refractivity contribution in [1.82, 2.24) is 4.98 Å². The van der Waals surface area contributed by atoms with Gasteiger partial charge in [0.1, 0.15) is 17.4 Å². The number of nitrogen functional groups attached to an aromatic ring is 1. The van der Waals surface area contributed by atoms with Crippen molar-refractivity contribution in [1.29, 1.82) is 0 Å². The van der Waals surface area contributed by atoms with Crippen LogP contribution in [0.25, 0.3) is 0 Å². The molecule has 104 valence electrons. The molecule has 0 bridgehead atoms. The minimum Gasteiger partial charge on any atom is -0.494 e. The summed E-state index contributed by atoms with van der Waals surface area (Å²) >= 11 is 0. The summed E-state index contributed by atoms with van der Waals surface area (Å²) in [4.78, 5) is 15.7. The van der Waals surface area contributed by atoms with Crippen LogP contribution in [-0.4, -0.2) is 17.6 Å². The van der Waals surface area contributed by atoms with Crippen molar-refractivity contribution >= 4 is 23.4 Å². The Bertz CT molecular complexity index is 584. The molecule has 0 fully saturated rings. The zero-order chi connectivity index (χ0) is 14.4. The van der Waals surface area contributed by atoms with Crippen LogP contribution in [0.4, 0.5) is 22.1 Å². The van der Waals surface area contributed by atoms with Crippen molar-refractivity contribution in [3.05, 3.63) is 42.5 Å². The summed E-state index contributed by atoms with van der Waals surface area (Å²) in [6.07, 6.45) is 0. The Morgan fingerprint density at radius 2 is 1.95 bits per heavy atom. The normalized spacial score (nSPS) is 9.85. The lowest BCUT2D eigenvalue weighted by Gasteiger charge is -2.08. The van der Waals surface area contributed by atoms with Gasteiger partial charge in [-0.1, -0.05) is 6.07 Å². The lowest BCUT2D eigenvalue weighted by atomic mass is 10.3. The number of hydrogen-bond donors (Lipinski definition) is 3. The van der Waals surface area contributed by atoms with Crippen LogP contribution in [0.1, 0.15) is 6.92 Å². The molecule has 20 heavy (non-hydrogen) atoms. The number of benzene rings is 1. The number of pyridine rings is 1. The number of nitrogens with one attached hydrogen (secondary N) is 2. The number of carbonyl (C=O) groups is 1. The molecule has 0 aliphatic carbocycles. The van der Waals surface area contributed by atoms with Crippen LogP contribution in [0, 0.1) is 0 Å². The van der Waals surface area contributed by atoms with Crippen molar-refractivity contribution < 1.29 is 9.53 Å². The fraction of sp³-hybridized carbons (Fsp3) is 0.143. The summed E-state index contributed by atoms with van der Waals surface area (Å²) in [6, 6.07) is 11.7. The van der Waals surface area contributed by atoms with Gasteiger partial charge in [0.25, 0.3) is 0 Å². The Hall–Kier alpha value is -2.76. The van der Waals surface area contributed by atoms with Crippen molar-refractivity contribution in [3.8, 4) is 5.75 Å². The summed E-state index contributed by atoms with van der Waals surface area (Å²) in [7, 11) is 0. The fourth-order valence-corrected chi connectivity index (χ4v) is 1.60. The molecule has 0 spiro atoms. The van der Waals surface area contributed by atoms with Gasteiger partial charge in [0.2, 0.25) is 0 Å². The molecule has 0 radical (unpaired) electrons. The third-order valence-corrected chi connectivity index (χ3v) is 2.44. The molecule has 2 aromatic rings. The molecule has 0 aliphatic heterocycles. The maximum Gasteiger partial charge on any atom is 0.324 e. The van der Waals surface area contributed by atoms with E-state index in [-0.39, 0.29) is 6.03 Å². The Balaban J connectivity index is 1.94. The van der Waals surface area contributed by atoms with Gasteiger partial charge in [-0.3, -0.25) is 5.32 Å². The molecular weight excluding hydrogens is 256 g/mol. The van der Waals surface area contributed by atoms with Crippen LogP contribution in [-0.2, 0) is 0 Å². The highest BCUT2D eigenvalue weighted by molar-refractivity contribution is 5.99. The van der Waals surface area contributed by atoms with Crippen LogP contribution >= 0.6 is 0 Å². The minimum absolute atomic E-state index is 0.351. The number of hydrogen-bond acceptors (Lipinski definition) is 4. The van der Waals surface area contributed by atoms with Gasteiger partial charge in [-0.15, -0.1) is 0 Å². The molecule has 6 nitrogen and oxygen atoms in total. The van der Waals surface area contributed by atoms with Gasteiger partial charge in [-0.25, -0.2) is 9.78 Å². The van der Waals surface area contributed by atoms with Crippen LogP contribution in [0.15, 0.2) is 42.5 Å². The molecule has 1 heterocycles. The van der Waals surface area contributed by atoms with Gasteiger partial charge in [-0.2, -0.15) is 0 Å². The minimum atomic E-state index is -0.382. The predicted molar refractivity (Wildman–Crippen MR) is 78.9 cm³/mol. The molecule has 2 amide bonds. The lowest BCUT2D eigenvalue weighted by molar-refractivity contribution is 0.262. The predicted octanol–water partition coefficient (Wildman–Crippen LogP) is 2.71. The first kappa shape index (κ1) is 13.7. The van der Waals surface area contributed by atoms with E-state index in [9.17, 15) is 4.79 Å². The number of nitrogens with two attached hydrogens (primary N) is 1. The van der Waals surface area contributed by atoms with E-state index in [1.165, 1.54) is 0 Å². The number of aromatic nitrogens is 1. The van der Waals surface area contributed by atoms with Gasteiger partial charge < -0.3 is 15.8 Å². The average Bonchev–Trinajstić information content (AvgIpc) is 2.41. The van der Waals surface area contributed by atoms with Gasteiger partial charge in [0.15, 0.2) is 0 Å². The third kappa shape index (κ3) is 3.88. The van der Waals surface area contributed by atoms with Crippen LogP contribution < -0.4 is 21.1 Å². The van der Waals surface area contributed by atoms with E-state index in [1.54, 1.807) is 42.5 Å². The Kier molecular flexibility index (Phi) is 4.39. The van der Waals surface area contributed by atoms with Gasteiger partial charge in [0, 0.05) is 5.69 Å². The molecule has 0 saturated heterocycles. The number of nitrogens with zero attached hydrogens (tertiary/aromatic N) is 1. The summed E-state index contributed by atoms with van der Waals surface area (Å²) < 4.78 is 5.32. The molecule has 6 heteroatoms. The topological polar surface area (TPSA) is 89.3 Å². The quantitative estimate of drug-likeness (QED) is 0.798. The molecule has 4 N–H and O–H groups in total. The molecule has 0 unspecified atom stereocenters. The van der Waals surface area contributed by atoms with Crippen molar-refractivity contribution in [2.45, 2.75) is 6.92 Å². The fourth-order valence-electron chi connectivity index (χ4n) is 1.60. The van der Waals surface area contributed by atoms with Gasteiger partial charge >= 0.3 is 6.03 Å². The second-order valence-electron chi connectivity index (χ2n) is 3.98. The molecule has 0 atom stereocenters. The zero-order valence-electron chi connectivity index (χ0n) is 11.1. The SMILES string of the molecule is CCOc1ccc(NC(=O)Nc2cccc(N)n2)cc1. The highest BCUT2D eigenvalue weighted by atomic mass is 16.5. The van der Waals surface area contributed by atoms with E-state index in [0.717, 1.165) is 5.75 Å². The van der Waals surface area contributed by atoms with Crippen molar-refractivity contribution in [2.24, 2.45) is 0 Å². The Morgan fingerprint density at radius 1 is 1.20 bits per heavy atom. The molecule has 2 rings (SSSR count). The number of rotatable bonds is 4. The number of carbonyl (C=O) groups excluding carboxylic acids is 1. The van der Waals surface area contributed by atoms with Crippen molar-refractivity contribution in [2.75, 3.05) is 23.0 Å². The van der Waals surface area contributed by atoms with Crippen LogP contribution in [0.3, 0.4) is 0 Å². The molecule has 1 aromatic heterocycles. The standard InChI is InChI=1S/C14H16N4O2/c1-2-20-11-8-6-10(7-9-11)16-14(19)18-13-5-3-4-12(15)17-13/h3-9H,2H2,1H3,(H4,15,16,17,18,19). The second kappa shape index (κ2) is 6.42.